The van der Waals surface area contributed by atoms with Crippen LogP contribution in [-0.4, -0.2) is 74.0 Å². The van der Waals surface area contributed by atoms with Gasteiger partial charge in [-0.15, -0.1) is 0 Å². The summed E-state index contributed by atoms with van der Waals surface area (Å²) >= 11 is 12.8. The SMILES string of the molecule is COc1cc(C(=O)N2CCC(CCN3CCC4(CC3)c3ccccc3CS4=O)(c3ccc(Cl)c(Cl)c3)C2)cc(OC)c1OC. The Kier molecular flexibility index (Phi) is 8.90. The summed E-state index contributed by atoms with van der Waals surface area (Å²) in [6.07, 6.45) is 3.44. The number of hydrogen-bond acceptors (Lipinski definition) is 6. The lowest BCUT2D eigenvalue weighted by Gasteiger charge is -2.40. The van der Waals surface area contributed by atoms with Crippen molar-refractivity contribution in [3.8, 4) is 17.2 Å². The number of hydrogen-bond donors (Lipinski definition) is 0. The highest BCUT2D eigenvalue weighted by Crippen LogP contribution is 2.47. The van der Waals surface area contributed by atoms with Crippen LogP contribution in [0.1, 0.15) is 52.7 Å². The molecule has 44 heavy (non-hydrogen) atoms. The Labute approximate surface area is 271 Å². The molecule has 1 amide bonds. The molecule has 2 fully saturated rings. The van der Waals surface area contributed by atoms with Crippen LogP contribution in [0.2, 0.25) is 10.0 Å². The van der Waals surface area contributed by atoms with Gasteiger partial charge in [0.2, 0.25) is 5.75 Å². The maximum absolute atomic E-state index is 13.9. The molecule has 6 rings (SSSR count). The van der Waals surface area contributed by atoms with Crippen molar-refractivity contribution in [3.05, 3.63) is 86.9 Å². The van der Waals surface area contributed by atoms with Gasteiger partial charge >= 0.3 is 0 Å². The normalized spacial score (nSPS) is 22.7. The Balaban J connectivity index is 1.21. The minimum absolute atomic E-state index is 0.0894. The number of amides is 1. The van der Waals surface area contributed by atoms with Crippen LogP contribution in [0.3, 0.4) is 0 Å². The number of piperidine rings is 1. The highest BCUT2D eigenvalue weighted by atomic mass is 35.5. The van der Waals surface area contributed by atoms with E-state index in [9.17, 15) is 9.00 Å². The molecule has 2 saturated heterocycles. The van der Waals surface area contributed by atoms with Crippen LogP contribution in [0.25, 0.3) is 0 Å². The van der Waals surface area contributed by atoms with E-state index in [0.717, 1.165) is 50.9 Å². The van der Waals surface area contributed by atoms with E-state index < -0.39 is 10.8 Å². The zero-order valence-corrected chi connectivity index (χ0v) is 27.7. The molecule has 7 nitrogen and oxygen atoms in total. The van der Waals surface area contributed by atoms with Gasteiger partial charge in [0.1, 0.15) is 0 Å². The van der Waals surface area contributed by atoms with E-state index in [2.05, 4.69) is 23.1 Å². The Morgan fingerprint density at radius 2 is 1.59 bits per heavy atom. The number of ether oxygens (including phenoxy) is 3. The number of fused-ring (bicyclic) bond motifs is 2. The van der Waals surface area contributed by atoms with Crippen molar-refractivity contribution in [1.82, 2.24) is 9.80 Å². The predicted molar refractivity (Wildman–Crippen MR) is 175 cm³/mol. The van der Waals surface area contributed by atoms with Crippen molar-refractivity contribution in [3.63, 3.8) is 0 Å². The Bertz CT molecular complexity index is 1570. The topological polar surface area (TPSA) is 68.3 Å². The molecule has 3 aromatic carbocycles. The molecule has 3 aromatic rings. The standard InChI is InChI=1S/C34H38Cl2N2O5S/c1-41-29-18-24(19-30(42-2)31(29)43-3)32(39)38-17-11-33(22-38,25-8-9-27(35)28(36)20-25)10-14-37-15-12-34(13-16-37)26-7-5-4-6-23(26)21-44(34)40/h4-9,18-20H,10-17,21-22H2,1-3H3. The van der Waals surface area contributed by atoms with Gasteiger partial charge in [0, 0.05) is 40.6 Å². The molecule has 0 N–H and O–H groups in total. The molecule has 0 aliphatic carbocycles. The van der Waals surface area contributed by atoms with Crippen molar-refractivity contribution < 1.29 is 23.2 Å². The fraction of sp³-hybridized carbons (Fsp3) is 0.441. The van der Waals surface area contributed by atoms with Crippen molar-refractivity contribution in [1.29, 1.82) is 0 Å². The third-order valence-corrected chi connectivity index (χ3v) is 12.7. The predicted octanol–water partition coefficient (Wildman–Crippen LogP) is 6.45. The molecule has 0 aromatic heterocycles. The summed E-state index contributed by atoms with van der Waals surface area (Å²) in [7, 11) is 3.74. The zero-order chi connectivity index (χ0) is 31.1. The largest absolute Gasteiger partial charge is 0.493 e. The maximum atomic E-state index is 13.9. The average molecular weight is 658 g/mol. The number of carbonyl (C=O) groups is 1. The lowest BCUT2D eigenvalue weighted by molar-refractivity contribution is 0.0779. The first-order valence-corrected chi connectivity index (χ1v) is 17.0. The van der Waals surface area contributed by atoms with Gasteiger partial charge in [0.25, 0.3) is 5.91 Å². The van der Waals surface area contributed by atoms with Gasteiger partial charge in [-0.3, -0.25) is 9.00 Å². The third kappa shape index (κ3) is 5.48. The quantitative estimate of drug-likeness (QED) is 0.278. The van der Waals surface area contributed by atoms with Crippen LogP contribution in [0.15, 0.2) is 54.6 Å². The lowest BCUT2D eigenvalue weighted by Crippen LogP contribution is -2.45. The van der Waals surface area contributed by atoms with E-state index >= 15 is 0 Å². The second-order valence-electron chi connectivity index (χ2n) is 12.0. The van der Waals surface area contributed by atoms with Gasteiger partial charge in [-0.25, -0.2) is 0 Å². The van der Waals surface area contributed by atoms with E-state index in [1.165, 1.54) is 11.1 Å². The van der Waals surface area contributed by atoms with E-state index in [4.69, 9.17) is 37.4 Å². The summed E-state index contributed by atoms with van der Waals surface area (Å²) in [4.78, 5) is 18.3. The molecule has 3 aliphatic rings. The van der Waals surface area contributed by atoms with E-state index in [1.807, 2.05) is 29.2 Å². The van der Waals surface area contributed by atoms with Crippen LogP contribution in [0, 0.1) is 0 Å². The number of nitrogens with zero attached hydrogens (tertiary/aromatic N) is 2. The van der Waals surface area contributed by atoms with Crippen LogP contribution in [-0.2, 0) is 26.7 Å². The van der Waals surface area contributed by atoms with Crippen molar-refractivity contribution in [2.45, 2.75) is 41.6 Å². The van der Waals surface area contributed by atoms with Gasteiger partial charge in [-0.05, 0) is 86.3 Å². The van der Waals surface area contributed by atoms with Crippen molar-refractivity contribution in [2.24, 2.45) is 0 Å². The molecule has 3 aliphatic heterocycles. The van der Waals surface area contributed by atoms with Crippen LogP contribution in [0.5, 0.6) is 17.2 Å². The number of halogens is 2. The molecular weight excluding hydrogens is 619 g/mol. The Morgan fingerprint density at radius 3 is 2.25 bits per heavy atom. The van der Waals surface area contributed by atoms with E-state index in [-0.39, 0.29) is 16.1 Å². The number of carbonyl (C=O) groups excluding carboxylic acids is 1. The van der Waals surface area contributed by atoms with Gasteiger partial charge in [0.15, 0.2) is 11.5 Å². The summed E-state index contributed by atoms with van der Waals surface area (Å²) in [5.74, 6) is 1.91. The molecule has 3 heterocycles. The van der Waals surface area contributed by atoms with E-state index in [0.29, 0.717) is 51.7 Å². The zero-order valence-electron chi connectivity index (χ0n) is 25.4. The summed E-state index contributed by atoms with van der Waals surface area (Å²) in [5, 5.41) is 1.03. The number of likely N-dealkylation sites (tertiary alicyclic amines) is 2. The molecule has 0 saturated carbocycles. The average Bonchev–Trinajstić information content (AvgIpc) is 3.60. The summed E-state index contributed by atoms with van der Waals surface area (Å²) in [6.45, 7) is 3.82. The number of benzene rings is 3. The van der Waals surface area contributed by atoms with Crippen LogP contribution < -0.4 is 14.2 Å². The minimum atomic E-state index is -0.888. The number of methoxy groups -OCH3 is 3. The monoisotopic (exact) mass is 656 g/mol. The Hall–Kier alpha value is -2.78. The van der Waals surface area contributed by atoms with Gasteiger partial charge in [-0.1, -0.05) is 53.5 Å². The number of rotatable bonds is 8. The fourth-order valence-corrected chi connectivity index (χ4v) is 9.53. The molecule has 0 bridgehead atoms. The summed E-state index contributed by atoms with van der Waals surface area (Å²) < 4.78 is 29.6. The van der Waals surface area contributed by atoms with Gasteiger partial charge in [0.05, 0.1) is 36.1 Å². The third-order valence-electron chi connectivity index (χ3n) is 9.89. The van der Waals surface area contributed by atoms with Gasteiger partial charge < -0.3 is 24.0 Å². The first kappa shape index (κ1) is 31.2. The summed E-state index contributed by atoms with van der Waals surface area (Å²) in [5.41, 5.74) is 3.80. The highest BCUT2D eigenvalue weighted by Gasteiger charge is 2.48. The Morgan fingerprint density at radius 1 is 0.886 bits per heavy atom. The highest BCUT2D eigenvalue weighted by molar-refractivity contribution is 7.85. The second-order valence-corrected chi connectivity index (χ2v) is 14.6. The van der Waals surface area contributed by atoms with Gasteiger partial charge in [-0.2, -0.15) is 0 Å². The van der Waals surface area contributed by atoms with E-state index in [1.54, 1.807) is 33.5 Å². The fourth-order valence-electron chi connectivity index (χ4n) is 7.34. The molecular formula is C34H38Cl2N2O5S. The molecule has 1 spiro atoms. The van der Waals surface area contributed by atoms with Crippen LogP contribution in [0.4, 0.5) is 0 Å². The molecule has 0 radical (unpaired) electrons. The molecule has 2 unspecified atom stereocenters. The minimum Gasteiger partial charge on any atom is -0.493 e. The summed E-state index contributed by atoms with van der Waals surface area (Å²) in [6, 6.07) is 17.7. The first-order chi connectivity index (χ1) is 21.2. The van der Waals surface area contributed by atoms with Crippen LogP contribution >= 0.6 is 23.2 Å². The van der Waals surface area contributed by atoms with Crippen molar-refractivity contribution in [2.75, 3.05) is 54.1 Å². The molecule has 234 valence electrons. The molecule has 2 atom stereocenters. The molecule has 10 heteroatoms. The second kappa shape index (κ2) is 12.5. The lowest BCUT2D eigenvalue weighted by atomic mass is 9.76. The van der Waals surface area contributed by atoms with Crippen molar-refractivity contribution >= 4 is 39.9 Å². The smallest absolute Gasteiger partial charge is 0.254 e. The maximum Gasteiger partial charge on any atom is 0.254 e. The first-order valence-electron chi connectivity index (χ1n) is 15.0.